The molecule has 0 spiro atoms. The molecule has 0 aliphatic carbocycles. The second kappa shape index (κ2) is 5.67. The molecule has 2 aromatic rings. The number of rotatable bonds is 5. The molecule has 4 nitrogen and oxygen atoms in total. The zero-order chi connectivity index (χ0) is 14.8. The van der Waals surface area contributed by atoms with Gasteiger partial charge in [-0.3, -0.25) is 4.79 Å². The largest absolute Gasteiger partial charge is 0.388 e. The van der Waals surface area contributed by atoms with Crippen molar-refractivity contribution in [3.05, 3.63) is 40.7 Å². The van der Waals surface area contributed by atoms with Crippen LogP contribution in [0.15, 0.2) is 35.1 Å². The molecule has 0 saturated carbocycles. The summed E-state index contributed by atoms with van der Waals surface area (Å²) in [6.07, 6.45) is 1.65. The number of anilines is 1. The minimum absolute atomic E-state index is 0.0543. The first-order chi connectivity index (χ1) is 9.44. The molecule has 0 fully saturated rings. The number of benzene rings is 1. The maximum Gasteiger partial charge on any atom is 0.252 e. The third-order valence-electron chi connectivity index (χ3n) is 3.60. The summed E-state index contributed by atoms with van der Waals surface area (Å²) < 4.78 is 1.63. The van der Waals surface area contributed by atoms with Gasteiger partial charge in [0.1, 0.15) is 0 Å². The van der Waals surface area contributed by atoms with E-state index in [1.54, 1.807) is 17.7 Å². The van der Waals surface area contributed by atoms with Gasteiger partial charge in [0.25, 0.3) is 5.56 Å². The maximum absolute atomic E-state index is 12.0. The normalized spacial score (nSPS) is 14.2. The summed E-state index contributed by atoms with van der Waals surface area (Å²) in [5.74, 6) is 0. The minimum atomic E-state index is -0.767. The number of aliphatic hydroxyl groups is 1. The molecule has 0 saturated heterocycles. The number of aryl methyl sites for hydroxylation is 1. The van der Waals surface area contributed by atoms with Crippen LogP contribution in [0.4, 0.5) is 5.69 Å². The SMILES string of the molecule is CCCC(C)(O)CNc1cc(=O)n(C)c2ccccc12. The molecule has 0 aliphatic heterocycles. The van der Waals surface area contributed by atoms with Crippen LogP contribution in [0.1, 0.15) is 26.7 Å². The van der Waals surface area contributed by atoms with Crippen molar-refractivity contribution in [1.82, 2.24) is 4.57 Å². The lowest BCUT2D eigenvalue weighted by molar-refractivity contribution is 0.0637. The van der Waals surface area contributed by atoms with E-state index in [0.717, 1.165) is 29.4 Å². The Bertz CT molecular complexity index is 659. The lowest BCUT2D eigenvalue weighted by Crippen LogP contribution is -2.33. The molecule has 1 aromatic heterocycles. The van der Waals surface area contributed by atoms with Crippen molar-refractivity contribution in [1.29, 1.82) is 0 Å². The van der Waals surface area contributed by atoms with Crippen LogP contribution in [0.5, 0.6) is 0 Å². The molecule has 20 heavy (non-hydrogen) atoms. The number of hydrogen-bond acceptors (Lipinski definition) is 3. The summed E-state index contributed by atoms with van der Waals surface area (Å²) in [6.45, 7) is 4.28. The van der Waals surface area contributed by atoms with Crippen molar-refractivity contribution in [2.24, 2.45) is 7.05 Å². The highest BCUT2D eigenvalue weighted by atomic mass is 16.3. The quantitative estimate of drug-likeness (QED) is 0.881. The van der Waals surface area contributed by atoms with Gasteiger partial charge in [0.15, 0.2) is 0 Å². The monoisotopic (exact) mass is 274 g/mol. The van der Waals surface area contributed by atoms with E-state index in [4.69, 9.17) is 0 Å². The summed E-state index contributed by atoms with van der Waals surface area (Å²) in [4.78, 5) is 12.0. The van der Waals surface area contributed by atoms with Gasteiger partial charge in [-0.2, -0.15) is 0 Å². The summed E-state index contributed by atoms with van der Waals surface area (Å²) in [5.41, 5.74) is 0.843. The van der Waals surface area contributed by atoms with E-state index in [9.17, 15) is 9.90 Å². The second-order valence-corrected chi connectivity index (χ2v) is 5.57. The lowest BCUT2D eigenvalue weighted by atomic mass is 10.0. The average molecular weight is 274 g/mol. The van der Waals surface area contributed by atoms with E-state index in [-0.39, 0.29) is 5.56 Å². The molecule has 0 aliphatic rings. The van der Waals surface area contributed by atoms with Crippen molar-refractivity contribution in [3.63, 3.8) is 0 Å². The van der Waals surface area contributed by atoms with Crippen LogP contribution in [0.2, 0.25) is 0 Å². The number of pyridine rings is 1. The first kappa shape index (κ1) is 14.6. The predicted octanol–water partition coefficient (Wildman–Crippen LogP) is 2.50. The summed E-state index contributed by atoms with van der Waals surface area (Å²) in [7, 11) is 1.77. The fourth-order valence-electron chi connectivity index (χ4n) is 2.47. The van der Waals surface area contributed by atoms with E-state index in [2.05, 4.69) is 5.32 Å². The van der Waals surface area contributed by atoms with Gasteiger partial charge in [-0.25, -0.2) is 0 Å². The number of aromatic nitrogens is 1. The van der Waals surface area contributed by atoms with Gasteiger partial charge in [0.05, 0.1) is 11.1 Å². The molecule has 2 N–H and O–H groups in total. The van der Waals surface area contributed by atoms with Crippen LogP contribution < -0.4 is 10.9 Å². The predicted molar refractivity (Wildman–Crippen MR) is 83.2 cm³/mol. The Hall–Kier alpha value is -1.81. The molecule has 0 radical (unpaired) electrons. The molecular formula is C16H22N2O2. The van der Waals surface area contributed by atoms with E-state index in [1.165, 1.54) is 0 Å². The van der Waals surface area contributed by atoms with Crippen molar-refractivity contribution in [2.75, 3.05) is 11.9 Å². The van der Waals surface area contributed by atoms with E-state index in [0.29, 0.717) is 6.54 Å². The highest BCUT2D eigenvalue weighted by Gasteiger charge is 2.19. The number of nitrogens with one attached hydrogen (secondary N) is 1. The zero-order valence-electron chi connectivity index (χ0n) is 12.3. The van der Waals surface area contributed by atoms with Crippen LogP contribution in [-0.2, 0) is 7.05 Å². The summed E-state index contributed by atoms with van der Waals surface area (Å²) in [6, 6.07) is 9.35. The van der Waals surface area contributed by atoms with Crippen molar-refractivity contribution < 1.29 is 5.11 Å². The van der Waals surface area contributed by atoms with Gasteiger partial charge in [-0.15, -0.1) is 0 Å². The molecular weight excluding hydrogens is 252 g/mol. The molecule has 108 valence electrons. The van der Waals surface area contributed by atoms with Crippen LogP contribution in [0, 0.1) is 0 Å². The van der Waals surface area contributed by atoms with E-state index < -0.39 is 5.60 Å². The third kappa shape index (κ3) is 3.02. The zero-order valence-corrected chi connectivity index (χ0v) is 12.3. The third-order valence-corrected chi connectivity index (χ3v) is 3.60. The molecule has 1 unspecified atom stereocenters. The van der Waals surface area contributed by atoms with Crippen LogP contribution in [0.3, 0.4) is 0 Å². The Morgan fingerprint density at radius 2 is 2.05 bits per heavy atom. The fraction of sp³-hybridized carbons (Fsp3) is 0.438. The van der Waals surface area contributed by atoms with Crippen molar-refractivity contribution >= 4 is 16.6 Å². The van der Waals surface area contributed by atoms with Crippen molar-refractivity contribution in [2.45, 2.75) is 32.3 Å². The second-order valence-electron chi connectivity index (χ2n) is 5.57. The molecule has 1 atom stereocenters. The standard InChI is InChI=1S/C16H22N2O2/c1-4-9-16(2,20)11-17-13-10-15(19)18(3)14-8-6-5-7-12(13)14/h5-8,10,17,20H,4,9,11H2,1-3H3. The van der Waals surface area contributed by atoms with Crippen LogP contribution in [0.25, 0.3) is 10.9 Å². The smallest absolute Gasteiger partial charge is 0.252 e. The minimum Gasteiger partial charge on any atom is -0.388 e. The topological polar surface area (TPSA) is 54.3 Å². The lowest BCUT2D eigenvalue weighted by Gasteiger charge is -2.24. The van der Waals surface area contributed by atoms with Gasteiger partial charge in [-0.1, -0.05) is 31.5 Å². The Kier molecular flexibility index (Phi) is 4.14. The molecule has 4 heteroatoms. The number of para-hydroxylation sites is 1. The highest BCUT2D eigenvalue weighted by Crippen LogP contribution is 2.22. The van der Waals surface area contributed by atoms with Gasteiger partial charge >= 0.3 is 0 Å². The highest BCUT2D eigenvalue weighted by molar-refractivity contribution is 5.91. The first-order valence-corrected chi connectivity index (χ1v) is 6.99. The Morgan fingerprint density at radius 1 is 1.35 bits per heavy atom. The van der Waals surface area contributed by atoms with Gasteiger partial charge in [0, 0.05) is 30.7 Å². The van der Waals surface area contributed by atoms with Gasteiger partial charge in [0.2, 0.25) is 0 Å². The number of nitrogens with zero attached hydrogens (tertiary/aromatic N) is 1. The first-order valence-electron chi connectivity index (χ1n) is 6.99. The molecule has 0 amide bonds. The summed E-state index contributed by atoms with van der Waals surface area (Å²) in [5, 5.41) is 14.4. The average Bonchev–Trinajstić information content (AvgIpc) is 2.41. The molecule has 1 aromatic carbocycles. The van der Waals surface area contributed by atoms with Crippen LogP contribution >= 0.6 is 0 Å². The van der Waals surface area contributed by atoms with Crippen LogP contribution in [-0.4, -0.2) is 21.8 Å². The molecule has 1 heterocycles. The Morgan fingerprint density at radius 3 is 2.75 bits per heavy atom. The maximum atomic E-state index is 12.0. The van der Waals surface area contributed by atoms with Gasteiger partial charge in [-0.05, 0) is 19.4 Å². The van der Waals surface area contributed by atoms with Gasteiger partial charge < -0.3 is 15.0 Å². The Balaban J connectivity index is 2.36. The summed E-state index contributed by atoms with van der Waals surface area (Å²) >= 11 is 0. The molecule has 2 rings (SSSR count). The number of hydrogen-bond donors (Lipinski definition) is 2. The fourth-order valence-corrected chi connectivity index (χ4v) is 2.47. The number of fused-ring (bicyclic) bond motifs is 1. The van der Waals surface area contributed by atoms with E-state index in [1.807, 2.05) is 38.1 Å². The molecule has 0 bridgehead atoms. The Labute approximate surface area is 119 Å². The van der Waals surface area contributed by atoms with E-state index >= 15 is 0 Å². The van der Waals surface area contributed by atoms with Crippen molar-refractivity contribution in [3.8, 4) is 0 Å².